The monoisotopic (exact) mass is 654 g/mol. The van der Waals surface area contributed by atoms with Crippen LogP contribution in [-0.4, -0.2) is 75.5 Å². The molecule has 0 aromatic heterocycles. The van der Waals surface area contributed by atoms with E-state index in [0.29, 0.717) is 32.5 Å². The minimum absolute atomic E-state index is 0. The SMILES string of the molecule is Cc1ccccc1CNC1CCCCCCCCC[C@H](B(O)O)NC(=O)[C@@H]2C[C@@H](OC(=O)N3Cc4ccccc4C3)CN2C1=O.Cl. The number of amides is 3. The zero-order chi connectivity index (χ0) is 31.8. The number of fused-ring (bicyclic) bond motifs is 2. The molecule has 3 aliphatic heterocycles. The molecule has 2 saturated heterocycles. The molecular formula is C34H48BClN4O6. The maximum absolute atomic E-state index is 14.3. The summed E-state index contributed by atoms with van der Waals surface area (Å²) in [6, 6.07) is 14.5. The Morgan fingerprint density at radius 2 is 1.54 bits per heavy atom. The van der Waals surface area contributed by atoms with Gasteiger partial charge in [0.05, 0.1) is 18.5 Å². The van der Waals surface area contributed by atoms with E-state index >= 15 is 0 Å². The van der Waals surface area contributed by atoms with Crippen LogP contribution in [-0.2, 0) is 34.0 Å². The molecule has 4 atom stereocenters. The summed E-state index contributed by atoms with van der Waals surface area (Å²) in [6.45, 7) is 3.56. The van der Waals surface area contributed by atoms with E-state index in [-0.39, 0.29) is 31.3 Å². The first-order chi connectivity index (χ1) is 21.8. The van der Waals surface area contributed by atoms with E-state index in [2.05, 4.69) is 10.6 Å². The molecule has 0 aliphatic carbocycles. The van der Waals surface area contributed by atoms with Crippen molar-refractivity contribution in [1.29, 1.82) is 0 Å². The summed E-state index contributed by atoms with van der Waals surface area (Å²) in [7, 11) is -1.72. The number of benzene rings is 2. The Balaban J connectivity index is 0.00000480. The van der Waals surface area contributed by atoms with Crippen LogP contribution in [0.5, 0.6) is 0 Å². The van der Waals surface area contributed by atoms with E-state index in [0.717, 1.165) is 67.2 Å². The van der Waals surface area contributed by atoms with Crippen molar-refractivity contribution in [2.45, 2.75) is 115 Å². The number of carbonyl (C=O) groups is 3. The van der Waals surface area contributed by atoms with Crippen LogP contribution in [0, 0.1) is 6.92 Å². The molecule has 3 heterocycles. The lowest BCUT2D eigenvalue weighted by Crippen LogP contribution is -2.56. The van der Waals surface area contributed by atoms with Crippen LogP contribution in [0.25, 0.3) is 0 Å². The van der Waals surface area contributed by atoms with E-state index in [4.69, 9.17) is 4.74 Å². The number of rotatable bonds is 5. The smallest absolute Gasteiger partial charge is 0.444 e. The molecule has 46 heavy (non-hydrogen) atoms. The van der Waals surface area contributed by atoms with Crippen LogP contribution < -0.4 is 10.6 Å². The molecule has 1 unspecified atom stereocenters. The van der Waals surface area contributed by atoms with Crippen LogP contribution in [0.15, 0.2) is 48.5 Å². The van der Waals surface area contributed by atoms with Gasteiger partial charge in [0.15, 0.2) is 0 Å². The van der Waals surface area contributed by atoms with Crippen LogP contribution in [0.2, 0.25) is 0 Å². The third-order valence-corrected chi connectivity index (χ3v) is 9.51. The quantitative estimate of drug-likeness (QED) is 0.358. The zero-order valence-electron chi connectivity index (χ0n) is 26.7. The van der Waals surface area contributed by atoms with Gasteiger partial charge in [-0.2, -0.15) is 0 Å². The maximum atomic E-state index is 14.3. The second-order valence-corrected chi connectivity index (χ2v) is 12.8. The highest BCUT2D eigenvalue weighted by Crippen LogP contribution is 2.27. The fourth-order valence-corrected chi connectivity index (χ4v) is 6.78. The minimum Gasteiger partial charge on any atom is -0.444 e. The fourth-order valence-electron chi connectivity index (χ4n) is 6.78. The summed E-state index contributed by atoms with van der Waals surface area (Å²) in [4.78, 5) is 44.4. The second kappa shape index (κ2) is 17.2. The summed E-state index contributed by atoms with van der Waals surface area (Å²) in [5, 5.41) is 26.4. The largest absolute Gasteiger partial charge is 0.475 e. The first-order valence-corrected chi connectivity index (χ1v) is 16.6. The zero-order valence-corrected chi connectivity index (χ0v) is 27.6. The summed E-state index contributed by atoms with van der Waals surface area (Å²) in [5.41, 5.74) is 4.39. The van der Waals surface area contributed by atoms with E-state index in [9.17, 15) is 24.4 Å². The lowest BCUT2D eigenvalue weighted by atomic mass is 9.76. The van der Waals surface area contributed by atoms with Gasteiger partial charge in [-0.05, 0) is 42.0 Å². The Kier molecular flexibility index (Phi) is 13.3. The van der Waals surface area contributed by atoms with Gasteiger partial charge in [-0.1, -0.05) is 93.5 Å². The lowest BCUT2D eigenvalue weighted by Gasteiger charge is -2.30. The van der Waals surface area contributed by atoms with Crippen molar-refractivity contribution in [3.8, 4) is 0 Å². The fraction of sp³-hybridized carbons (Fsp3) is 0.559. The average Bonchev–Trinajstić information content (AvgIpc) is 3.66. The molecule has 2 aromatic rings. The molecule has 3 amide bonds. The Labute approximate surface area is 278 Å². The molecule has 10 nitrogen and oxygen atoms in total. The van der Waals surface area contributed by atoms with E-state index < -0.39 is 43.2 Å². The first kappa shape index (κ1) is 35.7. The van der Waals surface area contributed by atoms with Gasteiger partial charge in [-0.3, -0.25) is 14.5 Å². The maximum Gasteiger partial charge on any atom is 0.475 e. The van der Waals surface area contributed by atoms with Gasteiger partial charge in [-0.15, -0.1) is 12.4 Å². The summed E-state index contributed by atoms with van der Waals surface area (Å²) in [6.07, 6.45) is 6.87. The number of nitrogens with one attached hydrogen (secondary N) is 2. The van der Waals surface area contributed by atoms with Crippen LogP contribution in [0.4, 0.5) is 4.79 Å². The molecule has 12 heteroatoms. The van der Waals surface area contributed by atoms with Gasteiger partial charge in [0.25, 0.3) is 0 Å². The molecule has 0 bridgehead atoms. The Bertz CT molecular complexity index is 1310. The Hall–Kier alpha value is -3.12. The predicted molar refractivity (Wildman–Crippen MR) is 179 cm³/mol. The topological polar surface area (TPSA) is 131 Å². The normalized spacial score (nSPS) is 24.4. The van der Waals surface area contributed by atoms with Crippen molar-refractivity contribution in [3.05, 3.63) is 70.8 Å². The molecule has 3 aliphatic rings. The Morgan fingerprint density at radius 3 is 2.20 bits per heavy atom. The summed E-state index contributed by atoms with van der Waals surface area (Å²) < 4.78 is 5.93. The number of ether oxygens (including phenoxy) is 1. The third-order valence-electron chi connectivity index (χ3n) is 9.51. The van der Waals surface area contributed by atoms with Gasteiger partial charge in [0, 0.05) is 26.1 Å². The van der Waals surface area contributed by atoms with Crippen molar-refractivity contribution in [2.24, 2.45) is 0 Å². The molecule has 250 valence electrons. The molecule has 2 aromatic carbocycles. The molecule has 0 saturated carbocycles. The highest BCUT2D eigenvalue weighted by Gasteiger charge is 2.44. The number of hydrogen-bond donors (Lipinski definition) is 4. The summed E-state index contributed by atoms with van der Waals surface area (Å²) >= 11 is 0. The van der Waals surface area contributed by atoms with Crippen molar-refractivity contribution >= 4 is 37.4 Å². The second-order valence-electron chi connectivity index (χ2n) is 12.8. The highest BCUT2D eigenvalue weighted by atomic mass is 35.5. The van der Waals surface area contributed by atoms with Gasteiger partial charge < -0.3 is 30.3 Å². The van der Waals surface area contributed by atoms with Crippen molar-refractivity contribution < 1.29 is 29.2 Å². The molecule has 5 rings (SSSR count). The van der Waals surface area contributed by atoms with Crippen LogP contribution in [0.3, 0.4) is 0 Å². The van der Waals surface area contributed by atoms with Crippen molar-refractivity contribution in [3.63, 3.8) is 0 Å². The van der Waals surface area contributed by atoms with Gasteiger partial charge in [-0.25, -0.2) is 4.79 Å². The number of aryl methyl sites for hydroxylation is 1. The van der Waals surface area contributed by atoms with Gasteiger partial charge >= 0.3 is 13.2 Å². The first-order valence-electron chi connectivity index (χ1n) is 16.6. The van der Waals surface area contributed by atoms with Gasteiger partial charge in [0.1, 0.15) is 12.1 Å². The lowest BCUT2D eigenvalue weighted by molar-refractivity contribution is -0.140. The van der Waals surface area contributed by atoms with Crippen molar-refractivity contribution in [1.82, 2.24) is 20.4 Å². The molecular weight excluding hydrogens is 607 g/mol. The number of halogens is 1. The molecule has 2 fully saturated rings. The standard InChI is InChI=1S/C34H47BN4O6.ClH/c1-24-13-9-10-14-25(24)20-36-29-17-7-5-3-2-4-6-8-18-31(35(43)44)37-32(40)30-19-28(23-39(30)33(29)41)45-34(42)38-21-26-15-11-12-16-27(26)22-38;/h9-16,28-31,36,43-44H,2-8,17-23H2,1H3,(H,37,40);1H/t28-,29?,30+,31-;/m1./s1. The average molecular weight is 655 g/mol. The van der Waals surface area contributed by atoms with E-state index in [1.807, 2.05) is 55.5 Å². The molecule has 0 spiro atoms. The Morgan fingerprint density at radius 1 is 0.935 bits per heavy atom. The number of carbonyl (C=O) groups excluding carboxylic acids is 3. The van der Waals surface area contributed by atoms with Gasteiger partial charge in [0.2, 0.25) is 11.8 Å². The number of nitrogens with zero attached hydrogens (tertiary/aromatic N) is 2. The summed E-state index contributed by atoms with van der Waals surface area (Å²) in [5.74, 6) is -1.51. The predicted octanol–water partition coefficient (Wildman–Crippen LogP) is 4.02. The van der Waals surface area contributed by atoms with Crippen LogP contribution >= 0.6 is 12.4 Å². The van der Waals surface area contributed by atoms with Crippen LogP contribution in [0.1, 0.15) is 86.5 Å². The van der Waals surface area contributed by atoms with E-state index in [1.54, 1.807) is 4.90 Å². The highest BCUT2D eigenvalue weighted by molar-refractivity contribution is 6.43. The third kappa shape index (κ3) is 9.24. The van der Waals surface area contributed by atoms with Crippen molar-refractivity contribution in [2.75, 3.05) is 6.54 Å². The van der Waals surface area contributed by atoms with E-state index in [1.165, 1.54) is 4.90 Å². The molecule has 4 N–H and O–H groups in total. The number of hydrogen-bond acceptors (Lipinski definition) is 7. The minimum atomic E-state index is -1.72. The molecule has 0 radical (unpaired) electrons.